The average Bonchev–Trinajstić information content (AvgIpc) is 2.78. The van der Waals surface area contributed by atoms with Crippen LogP contribution in [0.1, 0.15) is 22.8 Å². The second-order valence-corrected chi connectivity index (χ2v) is 6.06. The number of pyridine rings is 1. The van der Waals surface area contributed by atoms with Crippen LogP contribution in [-0.2, 0) is 4.74 Å². The van der Waals surface area contributed by atoms with E-state index in [4.69, 9.17) is 4.74 Å². The molecular formula is C15H19N3O2. The van der Waals surface area contributed by atoms with E-state index in [1.54, 1.807) is 15.6 Å². The maximum atomic E-state index is 12.6. The second kappa shape index (κ2) is 4.59. The maximum absolute atomic E-state index is 12.6. The number of amides is 1. The molecule has 0 aliphatic carbocycles. The molecule has 0 radical (unpaired) electrons. The van der Waals surface area contributed by atoms with Crippen LogP contribution in [0.5, 0.6) is 0 Å². The van der Waals surface area contributed by atoms with Crippen molar-refractivity contribution in [2.75, 3.05) is 26.8 Å². The number of rotatable bonds is 3. The molecule has 5 heteroatoms. The Bertz CT molecular complexity index is 658. The quantitative estimate of drug-likeness (QED) is 0.856. The molecule has 0 saturated carbocycles. The Morgan fingerprint density at radius 2 is 2.25 bits per heavy atom. The van der Waals surface area contributed by atoms with Gasteiger partial charge in [-0.3, -0.25) is 4.79 Å². The van der Waals surface area contributed by atoms with Crippen molar-refractivity contribution >= 4 is 11.4 Å². The Kier molecular flexibility index (Phi) is 3.01. The van der Waals surface area contributed by atoms with Gasteiger partial charge in [0.25, 0.3) is 5.91 Å². The first kappa shape index (κ1) is 13.1. The Labute approximate surface area is 118 Å². The predicted octanol–water partition coefficient (Wildman–Crippen LogP) is 1.75. The van der Waals surface area contributed by atoms with Crippen molar-refractivity contribution in [3.8, 4) is 0 Å². The van der Waals surface area contributed by atoms with Crippen LogP contribution >= 0.6 is 0 Å². The zero-order chi connectivity index (χ0) is 14.3. The molecule has 1 aliphatic heterocycles. The van der Waals surface area contributed by atoms with Gasteiger partial charge in [-0.05, 0) is 18.6 Å². The van der Waals surface area contributed by atoms with Gasteiger partial charge >= 0.3 is 0 Å². The lowest BCUT2D eigenvalue weighted by molar-refractivity contribution is -0.109. The molecule has 2 aromatic rings. The highest BCUT2D eigenvalue weighted by molar-refractivity contribution is 6.00. The van der Waals surface area contributed by atoms with E-state index in [1.165, 1.54) is 0 Å². The molecule has 0 atom stereocenters. The molecule has 20 heavy (non-hydrogen) atoms. The number of carbonyl (C=O) groups excluding carboxylic acids is 1. The topological polar surface area (TPSA) is 46.8 Å². The summed E-state index contributed by atoms with van der Waals surface area (Å²) in [5.74, 6) is 0.0111. The van der Waals surface area contributed by atoms with Gasteiger partial charge in [-0.1, -0.05) is 13.0 Å². The third kappa shape index (κ3) is 2.18. The summed E-state index contributed by atoms with van der Waals surface area (Å²) in [5.41, 5.74) is 2.70. The van der Waals surface area contributed by atoms with Crippen molar-refractivity contribution < 1.29 is 9.53 Å². The lowest BCUT2D eigenvalue weighted by Gasteiger charge is -2.40. The van der Waals surface area contributed by atoms with Crippen molar-refractivity contribution in [1.29, 1.82) is 0 Å². The Morgan fingerprint density at radius 3 is 2.90 bits per heavy atom. The van der Waals surface area contributed by atoms with Crippen molar-refractivity contribution in [2.24, 2.45) is 5.41 Å². The molecule has 1 saturated heterocycles. The Morgan fingerprint density at radius 1 is 1.50 bits per heavy atom. The first-order valence-electron chi connectivity index (χ1n) is 6.76. The predicted molar refractivity (Wildman–Crippen MR) is 75.8 cm³/mol. The van der Waals surface area contributed by atoms with Crippen molar-refractivity contribution in [2.45, 2.75) is 13.8 Å². The van der Waals surface area contributed by atoms with E-state index in [-0.39, 0.29) is 11.3 Å². The number of carbonyl (C=O) groups is 1. The zero-order valence-corrected chi connectivity index (χ0v) is 12.1. The van der Waals surface area contributed by atoms with Crippen molar-refractivity contribution in [1.82, 2.24) is 14.5 Å². The van der Waals surface area contributed by atoms with Crippen LogP contribution in [-0.4, -0.2) is 47.2 Å². The van der Waals surface area contributed by atoms with Gasteiger partial charge in [-0.2, -0.15) is 5.10 Å². The molecule has 5 nitrogen and oxygen atoms in total. The number of ether oxygens (including phenoxy) is 1. The number of aromatic nitrogens is 2. The second-order valence-electron chi connectivity index (χ2n) is 6.06. The van der Waals surface area contributed by atoms with E-state index in [9.17, 15) is 4.79 Å². The number of fused-ring (bicyclic) bond motifs is 1. The monoisotopic (exact) mass is 273 g/mol. The first-order chi connectivity index (χ1) is 9.48. The molecule has 0 aromatic carbocycles. The molecule has 106 valence electrons. The Hall–Kier alpha value is -1.88. The fourth-order valence-corrected chi connectivity index (χ4v) is 2.64. The van der Waals surface area contributed by atoms with Gasteiger partial charge in [0.1, 0.15) is 0 Å². The van der Waals surface area contributed by atoms with Crippen LogP contribution < -0.4 is 0 Å². The molecule has 0 unspecified atom stereocenters. The van der Waals surface area contributed by atoms with Gasteiger partial charge in [-0.15, -0.1) is 0 Å². The Balaban J connectivity index is 1.84. The minimum Gasteiger partial charge on any atom is -0.380 e. The van der Waals surface area contributed by atoms with Gasteiger partial charge in [0.15, 0.2) is 0 Å². The molecular weight excluding hydrogens is 254 g/mol. The van der Waals surface area contributed by atoms with E-state index < -0.39 is 0 Å². The highest BCUT2D eigenvalue weighted by atomic mass is 16.5. The number of hydrogen-bond donors (Lipinski definition) is 0. The lowest BCUT2D eigenvalue weighted by Crippen LogP contribution is -2.49. The molecule has 1 fully saturated rings. The maximum Gasteiger partial charge on any atom is 0.257 e. The van der Waals surface area contributed by atoms with Gasteiger partial charge in [0, 0.05) is 25.2 Å². The van der Waals surface area contributed by atoms with Gasteiger partial charge in [-0.25, -0.2) is 4.52 Å². The highest BCUT2D eigenvalue weighted by Crippen LogP contribution is 2.27. The molecule has 0 N–H and O–H groups in total. The summed E-state index contributed by atoms with van der Waals surface area (Å²) in [5, 5.41) is 4.26. The third-order valence-electron chi connectivity index (χ3n) is 3.76. The van der Waals surface area contributed by atoms with Crippen LogP contribution in [0.3, 0.4) is 0 Å². The van der Waals surface area contributed by atoms with Gasteiger partial charge in [0.05, 0.1) is 30.5 Å². The summed E-state index contributed by atoms with van der Waals surface area (Å²) in [6.45, 7) is 6.29. The van der Waals surface area contributed by atoms with E-state index in [2.05, 4.69) is 12.0 Å². The first-order valence-corrected chi connectivity index (χ1v) is 6.76. The minimum atomic E-state index is 0.0111. The van der Waals surface area contributed by atoms with Crippen molar-refractivity contribution in [3.63, 3.8) is 0 Å². The lowest BCUT2D eigenvalue weighted by atomic mass is 9.88. The van der Waals surface area contributed by atoms with Crippen LogP contribution in [0.15, 0.2) is 24.5 Å². The molecule has 0 bridgehead atoms. The fraction of sp³-hybridized carbons (Fsp3) is 0.467. The smallest absolute Gasteiger partial charge is 0.257 e. The minimum absolute atomic E-state index is 0.0111. The summed E-state index contributed by atoms with van der Waals surface area (Å²) in [7, 11) is 1.84. The molecule has 1 aliphatic rings. The summed E-state index contributed by atoms with van der Waals surface area (Å²) >= 11 is 0. The van der Waals surface area contributed by atoms with E-state index >= 15 is 0 Å². The van der Waals surface area contributed by atoms with Gasteiger partial charge in [0.2, 0.25) is 0 Å². The normalized spacial score (nSPS) is 16.9. The molecule has 3 rings (SSSR count). The van der Waals surface area contributed by atoms with Crippen LogP contribution in [0, 0.1) is 12.3 Å². The molecule has 3 heterocycles. The summed E-state index contributed by atoms with van der Waals surface area (Å²) < 4.78 is 6.99. The SMILES string of the molecule is Cc1ccc2c(C(=O)N(C)CC3(C)COC3)cnn2c1. The van der Waals surface area contributed by atoms with E-state index in [1.807, 2.05) is 32.3 Å². The van der Waals surface area contributed by atoms with Crippen LogP contribution in [0.25, 0.3) is 5.52 Å². The van der Waals surface area contributed by atoms with Crippen LogP contribution in [0.4, 0.5) is 0 Å². The highest BCUT2D eigenvalue weighted by Gasteiger charge is 2.36. The third-order valence-corrected chi connectivity index (χ3v) is 3.76. The molecule has 0 spiro atoms. The van der Waals surface area contributed by atoms with Gasteiger partial charge < -0.3 is 9.64 Å². The largest absolute Gasteiger partial charge is 0.380 e. The molecule has 1 amide bonds. The van der Waals surface area contributed by atoms with Crippen molar-refractivity contribution in [3.05, 3.63) is 35.7 Å². The summed E-state index contributed by atoms with van der Waals surface area (Å²) in [6.07, 6.45) is 3.57. The van der Waals surface area contributed by atoms with Crippen LogP contribution in [0.2, 0.25) is 0 Å². The number of aryl methyl sites for hydroxylation is 1. The van der Waals surface area contributed by atoms with E-state index in [0.29, 0.717) is 12.1 Å². The summed E-state index contributed by atoms with van der Waals surface area (Å²) in [6, 6.07) is 3.94. The standard InChI is InChI=1S/C15H19N3O2/c1-11-4-5-13-12(6-16-18(13)7-11)14(19)17(3)8-15(2)9-20-10-15/h4-7H,8-10H2,1-3H3. The number of nitrogens with zero attached hydrogens (tertiary/aromatic N) is 3. The number of hydrogen-bond acceptors (Lipinski definition) is 3. The average molecular weight is 273 g/mol. The van der Waals surface area contributed by atoms with E-state index in [0.717, 1.165) is 24.3 Å². The fourth-order valence-electron chi connectivity index (χ4n) is 2.64. The zero-order valence-electron chi connectivity index (χ0n) is 12.1. The summed E-state index contributed by atoms with van der Waals surface area (Å²) in [4.78, 5) is 14.3. The molecule has 2 aromatic heterocycles.